The van der Waals surface area contributed by atoms with Gasteiger partial charge in [0.05, 0.1) is 12.2 Å². The van der Waals surface area contributed by atoms with Crippen LogP contribution in [-0.2, 0) is 20.7 Å². The van der Waals surface area contributed by atoms with Gasteiger partial charge >= 0.3 is 5.97 Å². The van der Waals surface area contributed by atoms with E-state index in [4.69, 9.17) is 9.47 Å². The normalized spacial score (nSPS) is 18.4. The monoisotopic (exact) mass is 264 g/mol. The number of carbonyl (C=O) groups excluding carboxylic acids is 1. The maximum absolute atomic E-state index is 12.8. The summed E-state index contributed by atoms with van der Waals surface area (Å²) in [5, 5.41) is 0. The lowest BCUT2D eigenvalue weighted by atomic mass is 10.0. The summed E-state index contributed by atoms with van der Waals surface area (Å²) in [6.45, 7) is 3.91. The molecule has 1 aromatic carbocycles. The summed E-state index contributed by atoms with van der Waals surface area (Å²) in [5.74, 6) is 0.0739. The van der Waals surface area contributed by atoms with Crippen LogP contribution in [-0.4, -0.2) is 18.7 Å². The van der Waals surface area contributed by atoms with Gasteiger partial charge in [-0.15, -0.1) is 0 Å². The van der Waals surface area contributed by atoms with Crippen molar-refractivity contribution in [2.24, 2.45) is 0 Å². The summed E-state index contributed by atoms with van der Waals surface area (Å²) in [6, 6.07) is 6.32. The SMILES string of the molecule is CCOC(=O)C1=C(C)OC(Cc2ccc(F)cc2)C1. The Morgan fingerprint density at radius 1 is 1.42 bits per heavy atom. The molecule has 0 fully saturated rings. The van der Waals surface area contributed by atoms with Crippen molar-refractivity contribution in [3.05, 3.63) is 47.0 Å². The number of esters is 1. The van der Waals surface area contributed by atoms with Crippen molar-refractivity contribution in [2.75, 3.05) is 6.61 Å². The smallest absolute Gasteiger partial charge is 0.337 e. The first-order valence-electron chi connectivity index (χ1n) is 6.38. The number of halogens is 1. The van der Waals surface area contributed by atoms with E-state index in [-0.39, 0.29) is 17.9 Å². The zero-order valence-corrected chi connectivity index (χ0v) is 11.1. The van der Waals surface area contributed by atoms with Gasteiger partial charge in [-0.3, -0.25) is 0 Å². The van der Waals surface area contributed by atoms with Crippen LogP contribution in [0.1, 0.15) is 25.8 Å². The van der Waals surface area contributed by atoms with Crippen molar-refractivity contribution < 1.29 is 18.7 Å². The van der Waals surface area contributed by atoms with E-state index in [1.807, 2.05) is 0 Å². The van der Waals surface area contributed by atoms with Crippen molar-refractivity contribution in [3.8, 4) is 0 Å². The Balaban J connectivity index is 1.96. The summed E-state index contributed by atoms with van der Waals surface area (Å²) in [7, 11) is 0. The van der Waals surface area contributed by atoms with Crippen LogP contribution in [0.25, 0.3) is 0 Å². The summed E-state index contributed by atoms with van der Waals surface area (Å²) < 4.78 is 23.5. The van der Waals surface area contributed by atoms with Crippen LogP contribution in [0.4, 0.5) is 4.39 Å². The number of hydrogen-bond donors (Lipinski definition) is 0. The van der Waals surface area contributed by atoms with E-state index in [2.05, 4.69) is 0 Å². The molecule has 0 spiro atoms. The lowest BCUT2D eigenvalue weighted by Gasteiger charge is -2.11. The molecule has 1 aliphatic rings. The minimum atomic E-state index is -0.304. The van der Waals surface area contributed by atoms with Crippen LogP contribution >= 0.6 is 0 Å². The van der Waals surface area contributed by atoms with Crippen molar-refractivity contribution in [1.29, 1.82) is 0 Å². The van der Waals surface area contributed by atoms with Crippen LogP contribution < -0.4 is 0 Å². The first kappa shape index (κ1) is 13.6. The lowest BCUT2D eigenvalue weighted by Crippen LogP contribution is -2.12. The van der Waals surface area contributed by atoms with Crippen LogP contribution in [0.5, 0.6) is 0 Å². The Hall–Kier alpha value is -1.84. The fourth-order valence-electron chi connectivity index (χ4n) is 2.18. The summed E-state index contributed by atoms with van der Waals surface area (Å²) in [4.78, 5) is 11.7. The highest BCUT2D eigenvalue weighted by molar-refractivity contribution is 5.89. The van der Waals surface area contributed by atoms with Gasteiger partial charge in [-0.25, -0.2) is 9.18 Å². The first-order chi connectivity index (χ1) is 9.10. The number of benzene rings is 1. The Morgan fingerprint density at radius 2 is 2.11 bits per heavy atom. The Kier molecular flexibility index (Phi) is 4.20. The second kappa shape index (κ2) is 5.87. The van der Waals surface area contributed by atoms with Gasteiger partial charge in [0, 0.05) is 12.8 Å². The summed E-state index contributed by atoms with van der Waals surface area (Å²) in [5.41, 5.74) is 1.60. The topological polar surface area (TPSA) is 35.5 Å². The zero-order valence-electron chi connectivity index (χ0n) is 11.1. The van der Waals surface area contributed by atoms with Gasteiger partial charge in [-0.1, -0.05) is 12.1 Å². The van der Waals surface area contributed by atoms with E-state index in [0.29, 0.717) is 30.8 Å². The predicted octanol–water partition coefficient (Wildman–Crippen LogP) is 2.99. The molecule has 0 saturated carbocycles. The molecule has 1 unspecified atom stereocenters. The highest BCUT2D eigenvalue weighted by atomic mass is 19.1. The molecular weight excluding hydrogens is 247 g/mol. The molecule has 1 aromatic rings. The predicted molar refractivity (Wildman–Crippen MR) is 68.9 cm³/mol. The van der Waals surface area contributed by atoms with E-state index >= 15 is 0 Å². The van der Waals surface area contributed by atoms with Gasteiger partial charge in [0.25, 0.3) is 0 Å². The van der Waals surface area contributed by atoms with Gasteiger partial charge in [0.2, 0.25) is 0 Å². The third kappa shape index (κ3) is 3.34. The van der Waals surface area contributed by atoms with Gasteiger partial charge < -0.3 is 9.47 Å². The van der Waals surface area contributed by atoms with Crippen LogP contribution in [0.15, 0.2) is 35.6 Å². The molecule has 1 atom stereocenters. The minimum Gasteiger partial charge on any atom is -0.494 e. The number of hydrogen-bond acceptors (Lipinski definition) is 3. The van der Waals surface area contributed by atoms with Gasteiger partial charge in [0.1, 0.15) is 17.7 Å². The fraction of sp³-hybridized carbons (Fsp3) is 0.400. The summed E-state index contributed by atoms with van der Waals surface area (Å²) >= 11 is 0. The molecule has 0 amide bonds. The highest BCUT2D eigenvalue weighted by Crippen LogP contribution is 2.28. The minimum absolute atomic E-state index is 0.0788. The molecule has 1 aliphatic heterocycles. The average Bonchev–Trinajstić information content (AvgIpc) is 2.74. The maximum atomic E-state index is 12.8. The van der Waals surface area contributed by atoms with E-state index in [1.54, 1.807) is 26.0 Å². The zero-order chi connectivity index (χ0) is 13.8. The van der Waals surface area contributed by atoms with Crippen LogP contribution in [0.2, 0.25) is 0 Å². The molecule has 0 N–H and O–H groups in total. The lowest BCUT2D eigenvalue weighted by molar-refractivity contribution is -0.138. The third-order valence-electron chi connectivity index (χ3n) is 3.10. The highest BCUT2D eigenvalue weighted by Gasteiger charge is 2.28. The largest absolute Gasteiger partial charge is 0.494 e. The molecule has 1 heterocycles. The molecule has 102 valence electrons. The molecule has 0 saturated heterocycles. The Bertz CT molecular complexity index is 491. The summed E-state index contributed by atoms with van der Waals surface area (Å²) in [6.07, 6.45) is 1.12. The molecule has 19 heavy (non-hydrogen) atoms. The molecule has 0 radical (unpaired) electrons. The van der Waals surface area contributed by atoms with Crippen molar-refractivity contribution >= 4 is 5.97 Å². The molecule has 0 bridgehead atoms. The number of carbonyl (C=O) groups is 1. The first-order valence-corrected chi connectivity index (χ1v) is 6.38. The maximum Gasteiger partial charge on any atom is 0.337 e. The number of ether oxygens (including phenoxy) is 2. The van der Waals surface area contributed by atoms with E-state index in [1.165, 1.54) is 12.1 Å². The number of rotatable bonds is 4. The molecule has 0 aromatic heterocycles. The van der Waals surface area contributed by atoms with Crippen molar-refractivity contribution in [3.63, 3.8) is 0 Å². The fourth-order valence-corrected chi connectivity index (χ4v) is 2.18. The van der Waals surface area contributed by atoms with Gasteiger partial charge in [-0.05, 0) is 31.5 Å². The second-order valence-electron chi connectivity index (χ2n) is 4.53. The molecule has 4 heteroatoms. The van der Waals surface area contributed by atoms with E-state index in [9.17, 15) is 9.18 Å². The molecule has 0 aliphatic carbocycles. The average molecular weight is 264 g/mol. The third-order valence-corrected chi connectivity index (χ3v) is 3.10. The second-order valence-corrected chi connectivity index (χ2v) is 4.53. The van der Waals surface area contributed by atoms with E-state index in [0.717, 1.165) is 5.56 Å². The standard InChI is InChI=1S/C15H17FO3/c1-3-18-15(17)14-9-13(19-10(14)2)8-11-4-6-12(16)7-5-11/h4-7,13H,3,8-9H2,1-2H3. The Labute approximate surface area is 112 Å². The molecular formula is C15H17FO3. The van der Waals surface area contributed by atoms with Crippen molar-refractivity contribution in [1.82, 2.24) is 0 Å². The van der Waals surface area contributed by atoms with Gasteiger partial charge in [0.15, 0.2) is 0 Å². The van der Waals surface area contributed by atoms with Crippen LogP contribution in [0.3, 0.4) is 0 Å². The van der Waals surface area contributed by atoms with Crippen LogP contribution in [0, 0.1) is 5.82 Å². The molecule has 2 rings (SSSR count). The quantitative estimate of drug-likeness (QED) is 0.784. The number of allylic oxidation sites excluding steroid dienone is 1. The Morgan fingerprint density at radius 3 is 2.74 bits per heavy atom. The van der Waals surface area contributed by atoms with Crippen molar-refractivity contribution in [2.45, 2.75) is 32.8 Å². The van der Waals surface area contributed by atoms with E-state index < -0.39 is 0 Å². The van der Waals surface area contributed by atoms with Gasteiger partial charge in [-0.2, -0.15) is 0 Å². The molecule has 3 nitrogen and oxygen atoms in total.